The summed E-state index contributed by atoms with van der Waals surface area (Å²) in [7, 11) is -9.28. The van der Waals surface area contributed by atoms with Gasteiger partial charge in [-0.2, -0.15) is 0 Å². The minimum Gasteiger partial charge on any atom is -0.0967 e. The van der Waals surface area contributed by atoms with Crippen molar-refractivity contribution in [1.29, 1.82) is 0 Å². The van der Waals surface area contributed by atoms with Crippen molar-refractivity contribution in [2.75, 3.05) is 5.33 Å². The zero-order valence-corrected chi connectivity index (χ0v) is 8.33. The summed E-state index contributed by atoms with van der Waals surface area (Å²) in [6.45, 7) is 0. The number of hydrogen-bond acceptors (Lipinski definition) is 0. The van der Waals surface area contributed by atoms with Crippen LogP contribution in [0.3, 0.4) is 0 Å². The van der Waals surface area contributed by atoms with Crippen LogP contribution in [0.2, 0.25) is 0 Å². The molecule has 10 heavy (non-hydrogen) atoms. The third kappa shape index (κ3) is 3.38. The molecule has 0 aromatic carbocycles. The van der Waals surface area contributed by atoms with E-state index in [0.717, 1.165) is 0 Å². The zero-order chi connectivity index (χ0) is 8.69. The van der Waals surface area contributed by atoms with Gasteiger partial charge in [0, 0.05) is 5.33 Å². The molecular weight excluding hydrogens is 311 g/mol. The van der Waals surface area contributed by atoms with Gasteiger partial charge in [0.25, 0.3) is 10.2 Å². The van der Waals surface area contributed by atoms with E-state index in [1.165, 1.54) is 0 Å². The highest BCUT2D eigenvalue weighted by atomic mass is 79.9. The van der Waals surface area contributed by atoms with Gasteiger partial charge in [0.2, 0.25) is 0 Å². The second kappa shape index (κ2) is 2.01. The number of hydrogen-bond donors (Lipinski definition) is 0. The Balaban J connectivity index is 4.72. The van der Waals surface area contributed by atoms with Crippen LogP contribution in [0.25, 0.3) is 0 Å². The smallest absolute Gasteiger partial charge is 0.0967 e. The topological polar surface area (TPSA) is 0 Å². The monoisotopic (exact) mass is 312 g/mol. The lowest BCUT2D eigenvalue weighted by atomic mass is 11.0. The van der Waals surface area contributed by atoms with Gasteiger partial charge < -0.3 is 0 Å². The first-order valence-electron chi connectivity index (χ1n) is 1.90. The summed E-state index contributed by atoms with van der Waals surface area (Å²) in [5.41, 5.74) is 0. The summed E-state index contributed by atoms with van der Waals surface area (Å²) in [4.78, 5) is 0. The van der Waals surface area contributed by atoms with Crippen LogP contribution in [0.4, 0.5) is 19.4 Å². The van der Waals surface area contributed by atoms with E-state index in [4.69, 9.17) is 0 Å². The van der Waals surface area contributed by atoms with Gasteiger partial charge in [-0.3, -0.25) is 0 Å². The molecule has 0 aromatic heterocycles. The Labute approximate surface area is 71.1 Å². The van der Waals surface area contributed by atoms with E-state index in [2.05, 4.69) is 15.9 Å². The van der Waals surface area contributed by atoms with E-state index < -0.39 is 19.7 Å². The second-order valence-corrected chi connectivity index (χ2v) is 6.58. The molecule has 66 valence electrons. The molecule has 0 amide bonds. The molecule has 0 fully saturated rings. The van der Waals surface area contributed by atoms with Crippen LogP contribution in [-0.2, 0) is 0 Å². The SMILES string of the molecule is FS(F)(F)(F)(F)C(Br)CBr. The minimum absolute atomic E-state index is 0.842. The van der Waals surface area contributed by atoms with Crippen molar-refractivity contribution in [3.63, 3.8) is 0 Å². The molecule has 0 radical (unpaired) electrons. The van der Waals surface area contributed by atoms with Crippen LogP contribution in [0.1, 0.15) is 0 Å². The summed E-state index contributed by atoms with van der Waals surface area (Å²) >= 11 is 4.14. The first kappa shape index (κ1) is 11.0. The van der Waals surface area contributed by atoms with Crippen molar-refractivity contribution in [2.45, 2.75) is 4.16 Å². The van der Waals surface area contributed by atoms with Crippen LogP contribution in [0, 0.1) is 0 Å². The summed E-state index contributed by atoms with van der Waals surface area (Å²) in [6.07, 6.45) is 0. The van der Waals surface area contributed by atoms with Crippen molar-refractivity contribution < 1.29 is 19.4 Å². The highest BCUT2D eigenvalue weighted by molar-refractivity contribution is 9.14. The molecule has 0 heterocycles. The first-order valence-corrected chi connectivity index (χ1v) is 5.95. The van der Waals surface area contributed by atoms with E-state index in [9.17, 15) is 19.4 Å². The lowest BCUT2D eigenvalue weighted by Gasteiger charge is -2.43. The van der Waals surface area contributed by atoms with Gasteiger partial charge in [-0.25, -0.2) is 0 Å². The predicted molar refractivity (Wildman–Crippen MR) is 39.6 cm³/mol. The van der Waals surface area contributed by atoms with Crippen LogP contribution in [-0.4, -0.2) is 9.49 Å². The summed E-state index contributed by atoms with van der Waals surface area (Å²) in [6, 6.07) is 0. The molecule has 0 aliphatic rings. The lowest BCUT2D eigenvalue weighted by Crippen LogP contribution is -2.20. The van der Waals surface area contributed by atoms with E-state index in [0.29, 0.717) is 0 Å². The van der Waals surface area contributed by atoms with Gasteiger partial charge in [-0.05, 0) is 0 Å². The molecule has 0 rings (SSSR count). The first-order chi connectivity index (χ1) is 3.97. The Morgan fingerprint density at radius 1 is 1.10 bits per heavy atom. The summed E-state index contributed by atoms with van der Waals surface area (Å²) < 4.78 is 54.9. The van der Waals surface area contributed by atoms with E-state index in [1.807, 2.05) is 15.9 Å². The standard InChI is InChI=1S/C2H3Br2F5S/c3-1-2(4)10(5,6,7,8)9/h2H,1H2. The van der Waals surface area contributed by atoms with Gasteiger partial charge in [0.1, 0.15) is 0 Å². The highest BCUT2D eigenvalue weighted by Gasteiger charge is 2.68. The van der Waals surface area contributed by atoms with Gasteiger partial charge in [0.05, 0.1) is 0 Å². The molecule has 0 aliphatic carbocycles. The maximum Gasteiger partial charge on any atom is 0.297 e. The van der Waals surface area contributed by atoms with Crippen LogP contribution >= 0.6 is 42.1 Å². The normalized spacial score (nSPS) is 23.1. The largest absolute Gasteiger partial charge is 0.297 e. The Hall–Kier alpha value is 0.960. The molecule has 0 nitrogen and oxygen atoms in total. The third-order valence-electron chi connectivity index (χ3n) is 0.605. The maximum absolute atomic E-state index is 11.5. The van der Waals surface area contributed by atoms with Crippen molar-refractivity contribution in [1.82, 2.24) is 0 Å². The van der Waals surface area contributed by atoms with Gasteiger partial charge in [-0.1, -0.05) is 51.3 Å². The quantitative estimate of drug-likeness (QED) is 0.523. The van der Waals surface area contributed by atoms with Gasteiger partial charge >= 0.3 is 0 Å². The average Bonchev–Trinajstić information content (AvgIpc) is 1.57. The predicted octanol–water partition coefficient (Wildman–Crippen LogP) is 4.40. The van der Waals surface area contributed by atoms with Gasteiger partial charge in [0.15, 0.2) is 4.16 Å². The molecule has 8 heteroatoms. The Morgan fingerprint density at radius 2 is 1.40 bits per heavy atom. The van der Waals surface area contributed by atoms with Crippen LogP contribution in [0.15, 0.2) is 0 Å². The van der Waals surface area contributed by atoms with Gasteiger partial charge in [-0.15, -0.1) is 0 Å². The number of halogens is 7. The molecule has 0 spiro atoms. The highest BCUT2D eigenvalue weighted by Crippen LogP contribution is 3.01. The van der Waals surface area contributed by atoms with E-state index in [1.54, 1.807) is 0 Å². The van der Waals surface area contributed by atoms with Crippen molar-refractivity contribution >= 4 is 42.1 Å². The van der Waals surface area contributed by atoms with E-state index >= 15 is 0 Å². The molecule has 0 aromatic rings. The lowest BCUT2D eigenvalue weighted by molar-refractivity contribution is 0.363. The Bertz CT molecular complexity index is 134. The van der Waals surface area contributed by atoms with Crippen molar-refractivity contribution in [2.24, 2.45) is 0 Å². The third-order valence-corrected chi connectivity index (χ3v) is 6.13. The molecule has 0 N–H and O–H groups in total. The summed E-state index contributed by atoms with van der Waals surface area (Å²) in [5, 5.41) is -0.842. The fraction of sp³-hybridized carbons (Fsp3) is 1.00. The van der Waals surface area contributed by atoms with Crippen molar-refractivity contribution in [3.05, 3.63) is 0 Å². The molecule has 0 bridgehead atoms. The van der Waals surface area contributed by atoms with Crippen molar-refractivity contribution in [3.8, 4) is 0 Å². The number of rotatable bonds is 2. The fourth-order valence-electron chi connectivity index (χ4n) is 0.119. The molecule has 1 unspecified atom stereocenters. The maximum atomic E-state index is 11.5. The Kier molecular flexibility index (Phi) is 2.20. The van der Waals surface area contributed by atoms with E-state index in [-0.39, 0.29) is 0 Å². The molecule has 0 saturated carbocycles. The zero-order valence-electron chi connectivity index (χ0n) is 4.34. The molecule has 1 atom stereocenters. The average molecular weight is 314 g/mol. The number of alkyl halides is 2. The summed E-state index contributed by atoms with van der Waals surface area (Å²) in [5.74, 6) is 0. The molecular formula is C2H3Br2F5S. The fourth-order valence-corrected chi connectivity index (χ4v) is 1.86. The minimum atomic E-state index is -9.28. The van der Waals surface area contributed by atoms with Crippen LogP contribution < -0.4 is 0 Å². The van der Waals surface area contributed by atoms with Crippen LogP contribution in [0.5, 0.6) is 0 Å². The molecule has 0 saturated heterocycles. The Morgan fingerprint density at radius 3 is 1.40 bits per heavy atom. The second-order valence-electron chi connectivity index (χ2n) is 1.59. The molecule has 0 aliphatic heterocycles.